The molecule has 4 aromatic carbocycles. The van der Waals surface area contributed by atoms with Crippen LogP contribution in [0.1, 0.15) is 53.2 Å². The summed E-state index contributed by atoms with van der Waals surface area (Å²) < 4.78 is 113. The van der Waals surface area contributed by atoms with Crippen LogP contribution in [0.3, 0.4) is 0 Å². The minimum absolute atomic E-state index is 0. The zero-order chi connectivity index (χ0) is 40.4. The van der Waals surface area contributed by atoms with E-state index < -0.39 is 36.5 Å². The zero-order valence-corrected chi connectivity index (χ0v) is 30.6. The molecule has 2 aromatic heterocycles. The highest BCUT2D eigenvalue weighted by atomic mass is 19.3. The SMILES string of the molecule is C1CCOC1.Cc1nn(C(F)F)cc1-c1ccc(NC(=O)c2ccccc2F)cc1F.Cc1nn(C(F)F)cc1-c1ccc(NCc2ccccc2F)cc1F.[B]. The van der Waals surface area contributed by atoms with Crippen LogP contribution in [0.15, 0.2) is 97.3 Å². The van der Waals surface area contributed by atoms with Gasteiger partial charge in [0.15, 0.2) is 0 Å². The number of aromatic nitrogens is 4. The van der Waals surface area contributed by atoms with Gasteiger partial charge in [0.05, 0.1) is 17.0 Å². The quantitative estimate of drug-likeness (QED) is 0.112. The van der Waals surface area contributed by atoms with Crippen LogP contribution >= 0.6 is 0 Å². The van der Waals surface area contributed by atoms with Crippen LogP contribution in [0.2, 0.25) is 0 Å². The maximum Gasteiger partial charge on any atom is 0.333 e. The number of alkyl halides is 4. The number of hydrogen-bond donors (Lipinski definition) is 2. The van der Waals surface area contributed by atoms with Gasteiger partial charge in [0.25, 0.3) is 5.91 Å². The monoisotopic (exact) mass is 795 g/mol. The lowest BCUT2D eigenvalue weighted by atomic mass is 10.1. The van der Waals surface area contributed by atoms with Gasteiger partial charge in [-0.15, -0.1) is 0 Å². The summed E-state index contributed by atoms with van der Waals surface area (Å²) in [5.41, 5.74) is 2.18. The Morgan fingerprint density at radius 1 is 0.667 bits per heavy atom. The van der Waals surface area contributed by atoms with Crippen molar-refractivity contribution in [3.05, 3.63) is 143 Å². The first-order chi connectivity index (χ1) is 26.8. The van der Waals surface area contributed by atoms with E-state index in [1.165, 1.54) is 75.2 Å². The van der Waals surface area contributed by atoms with Crippen molar-refractivity contribution < 1.29 is 44.7 Å². The fourth-order valence-electron chi connectivity index (χ4n) is 5.54. The Bertz CT molecular complexity index is 2250. The van der Waals surface area contributed by atoms with Crippen molar-refractivity contribution in [1.29, 1.82) is 0 Å². The number of amides is 1. The molecular formula is C40H36BF8N6O2. The molecule has 17 heteroatoms. The van der Waals surface area contributed by atoms with Crippen LogP contribution in [0.25, 0.3) is 22.3 Å². The van der Waals surface area contributed by atoms with Crippen molar-refractivity contribution in [2.45, 2.75) is 46.3 Å². The Kier molecular flexibility index (Phi) is 15.6. The fraction of sp³-hybridized carbons (Fsp3) is 0.225. The molecule has 0 aliphatic carbocycles. The lowest BCUT2D eigenvalue weighted by molar-refractivity contribution is 0.0559. The standard InChI is InChI=1S/C18H13F4N3O.C18H15F4N3.C4H8O.B/c1-10-14(9-25(24-10)18(21)22)12-7-6-11(8-16(12)20)23-17(26)13-4-2-3-5-15(13)19;1-11-15(10-25(24-11)18(21)22)14-7-6-13(8-17(14)20)23-9-12-4-2-3-5-16(12)19;1-2-4-5-3-1;/h2-9,18H,1H3,(H,23,26);2-8,10,18,23H,9H2,1H3;1-4H2;. The Balaban J connectivity index is 0.000000221. The van der Waals surface area contributed by atoms with E-state index in [1.807, 2.05) is 0 Å². The van der Waals surface area contributed by atoms with E-state index in [1.54, 1.807) is 24.3 Å². The molecule has 2 N–H and O–H groups in total. The normalized spacial score (nSPS) is 12.0. The van der Waals surface area contributed by atoms with Gasteiger partial charge in [-0.25, -0.2) is 26.9 Å². The summed E-state index contributed by atoms with van der Waals surface area (Å²) >= 11 is 0. The van der Waals surface area contributed by atoms with Gasteiger partial charge in [-0.05, 0) is 81.3 Å². The summed E-state index contributed by atoms with van der Waals surface area (Å²) in [6, 6.07) is 19.8. The molecule has 3 radical (unpaired) electrons. The van der Waals surface area contributed by atoms with Gasteiger partial charge in [-0.1, -0.05) is 30.3 Å². The van der Waals surface area contributed by atoms with Gasteiger partial charge < -0.3 is 15.4 Å². The first-order valence-electron chi connectivity index (χ1n) is 17.2. The summed E-state index contributed by atoms with van der Waals surface area (Å²) in [6.45, 7) is -0.380. The van der Waals surface area contributed by atoms with E-state index in [2.05, 4.69) is 20.8 Å². The molecule has 0 spiro atoms. The molecule has 0 bridgehead atoms. The minimum Gasteiger partial charge on any atom is -0.381 e. The van der Waals surface area contributed by atoms with E-state index in [-0.39, 0.29) is 54.4 Å². The second kappa shape index (κ2) is 20.3. The molecule has 1 fully saturated rings. The number of aryl methyl sites for hydroxylation is 2. The maximum atomic E-state index is 14.4. The topological polar surface area (TPSA) is 86.0 Å². The highest BCUT2D eigenvalue weighted by Gasteiger charge is 2.18. The van der Waals surface area contributed by atoms with Crippen molar-refractivity contribution in [2.24, 2.45) is 0 Å². The maximum absolute atomic E-state index is 14.4. The van der Waals surface area contributed by atoms with E-state index in [4.69, 9.17) is 4.74 Å². The molecule has 0 unspecified atom stereocenters. The highest BCUT2D eigenvalue weighted by molar-refractivity contribution is 6.04. The molecule has 297 valence electrons. The zero-order valence-electron chi connectivity index (χ0n) is 30.6. The van der Waals surface area contributed by atoms with E-state index in [0.717, 1.165) is 37.7 Å². The molecule has 1 aliphatic rings. The predicted octanol–water partition coefficient (Wildman–Crippen LogP) is 10.3. The first-order valence-corrected chi connectivity index (χ1v) is 17.2. The van der Waals surface area contributed by atoms with Crippen molar-refractivity contribution in [3.63, 3.8) is 0 Å². The smallest absolute Gasteiger partial charge is 0.333 e. The largest absolute Gasteiger partial charge is 0.381 e. The first kappa shape index (κ1) is 43.8. The van der Waals surface area contributed by atoms with E-state index in [0.29, 0.717) is 31.9 Å². The predicted molar refractivity (Wildman–Crippen MR) is 201 cm³/mol. The van der Waals surface area contributed by atoms with Crippen molar-refractivity contribution >= 4 is 25.7 Å². The molecule has 0 saturated carbocycles. The molecule has 6 aromatic rings. The molecule has 1 amide bonds. The summed E-state index contributed by atoms with van der Waals surface area (Å²) in [5.74, 6) is -3.07. The third-order valence-corrected chi connectivity index (χ3v) is 8.40. The van der Waals surface area contributed by atoms with Crippen LogP contribution < -0.4 is 10.6 Å². The van der Waals surface area contributed by atoms with Crippen molar-refractivity contribution in [3.8, 4) is 22.3 Å². The molecular weight excluding hydrogens is 759 g/mol. The van der Waals surface area contributed by atoms with Gasteiger partial charge >= 0.3 is 13.1 Å². The van der Waals surface area contributed by atoms with Gasteiger partial charge in [-0.2, -0.15) is 27.8 Å². The molecule has 1 saturated heterocycles. The molecule has 8 nitrogen and oxygen atoms in total. The van der Waals surface area contributed by atoms with Gasteiger partial charge in [-0.3, -0.25) is 4.79 Å². The number of carbonyl (C=O) groups excluding carboxylic acids is 1. The Labute approximate surface area is 325 Å². The summed E-state index contributed by atoms with van der Waals surface area (Å²) in [4.78, 5) is 12.1. The summed E-state index contributed by atoms with van der Waals surface area (Å²) in [7, 11) is 0. The van der Waals surface area contributed by atoms with Crippen LogP contribution in [0.5, 0.6) is 0 Å². The summed E-state index contributed by atoms with van der Waals surface area (Å²) in [5, 5.41) is 12.7. The molecule has 3 heterocycles. The van der Waals surface area contributed by atoms with Crippen LogP contribution in [-0.4, -0.2) is 47.1 Å². The van der Waals surface area contributed by atoms with Crippen molar-refractivity contribution in [1.82, 2.24) is 19.6 Å². The third-order valence-electron chi connectivity index (χ3n) is 8.40. The van der Waals surface area contributed by atoms with E-state index in [9.17, 15) is 39.9 Å². The Hall–Kier alpha value is -5.97. The highest BCUT2D eigenvalue weighted by Crippen LogP contribution is 2.31. The molecule has 7 rings (SSSR count). The minimum atomic E-state index is -2.83. The number of rotatable bonds is 9. The Morgan fingerprint density at radius 3 is 1.61 bits per heavy atom. The number of halogens is 8. The number of anilines is 2. The van der Waals surface area contributed by atoms with Gasteiger partial charge in [0.1, 0.15) is 23.3 Å². The number of carbonyl (C=O) groups is 1. The van der Waals surface area contributed by atoms with Gasteiger partial charge in [0.2, 0.25) is 0 Å². The second-order valence-electron chi connectivity index (χ2n) is 12.4. The Morgan fingerprint density at radius 2 is 1.16 bits per heavy atom. The fourth-order valence-corrected chi connectivity index (χ4v) is 5.54. The van der Waals surface area contributed by atoms with Crippen LogP contribution in [0.4, 0.5) is 46.5 Å². The average molecular weight is 796 g/mol. The van der Waals surface area contributed by atoms with Crippen LogP contribution in [0, 0.1) is 37.1 Å². The molecule has 0 atom stereocenters. The second-order valence-corrected chi connectivity index (χ2v) is 12.4. The number of ether oxygens (including phenoxy) is 1. The number of nitrogens with zero attached hydrogens (tertiary/aromatic N) is 4. The number of nitrogens with one attached hydrogen (secondary N) is 2. The van der Waals surface area contributed by atoms with E-state index >= 15 is 0 Å². The third kappa shape index (κ3) is 11.5. The van der Waals surface area contributed by atoms with Crippen molar-refractivity contribution in [2.75, 3.05) is 23.8 Å². The number of hydrogen-bond acceptors (Lipinski definition) is 5. The molecule has 1 aliphatic heterocycles. The van der Waals surface area contributed by atoms with Crippen LogP contribution in [-0.2, 0) is 11.3 Å². The average Bonchev–Trinajstić information content (AvgIpc) is 3.95. The lowest BCUT2D eigenvalue weighted by Crippen LogP contribution is -2.13. The molecule has 57 heavy (non-hydrogen) atoms. The number of benzene rings is 4. The summed E-state index contributed by atoms with van der Waals surface area (Å²) in [6.07, 6.45) is 4.72. The van der Waals surface area contributed by atoms with Gasteiger partial charge in [0, 0.05) is 79.8 Å². The lowest BCUT2D eigenvalue weighted by Gasteiger charge is -2.09.